The summed E-state index contributed by atoms with van der Waals surface area (Å²) in [5, 5.41) is 0. The number of ether oxygens (including phenoxy) is 1. The second kappa shape index (κ2) is 22.0. The summed E-state index contributed by atoms with van der Waals surface area (Å²) in [6, 6.07) is 0. The predicted octanol–water partition coefficient (Wildman–Crippen LogP) is 16.3. The summed E-state index contributed by atoms with van der Waals surface area (Å²) in [5.74, 6) is 7.13. The lowest BCUT2D eigenvalue weighted by Gasteiger charge is -2.28. The zero-order valence-corrected chi connectivity index (χ0v) is 38.8. The summed E-state index contributed by atoms with van der Waals surface area (Å²) in [4.78, 5) is 0. The molecule has 7 rings (SSSR count). The second-order valence-corrected chi connectivity index (χ2v) is 21.6. The number of rotatable bonds is 11. The maximum Gasteiger partial charge on any atom is 0.113 e. The van der Waals surface area contributed by atoms with E-state index in [1.807, 2.05) is 13.8 Å². The Balaban J connectivity index is 0.000000310. The molecule has 0 heterocycles. The highest BCUT2D eigenvalue weighted by molar-refractivity contribution is 4.99. The second-order valence-electron chi connectivity index (χ2n) is 21.6. The molecule has 0 saturated heterocycles. The highest BCUT2D eigenvalue weighted by atomic mass is 19.1. The van der Waals surface area contributed by atoms with Gasteiger partial charge in [0.2, 0.25) is 0 Å². The van der Waals surface area contributed by atoms with E-state index in [4.69, 9.17) is 4.74 Å². The van der Waals surface area contributed by atoms with Crippen molar-refractivity contribution in [1.29, 1.82) is 0 Å². The zero-order valence-electron chi connectivity index (χ0n) is 38.8. The van der Waals surface area contributed by atoms with E-state index in [-0.39, 0.29) is 23.4 Å². The van der Waals surface area contributed by atoms with Crippen molar-refractivity contribution in [2.75, 3.05) is 20.4 Å². The minimum Gasteiger partial charge on any atom is -0.384 e. The monoisotopic (exact) mass is 757 g/mol. The zero-order chi connectivity index (χ0) is 41.0. The quantitative estimate of drug-likeness (QED) is 0.204. The van der Waals surface area contributed by atoms with Gasteiger partial charge < -0.3 is 4.74 Å². The van der Waals surface area contributed by atoms with Crippen LogP contribution in [0.3, 0.4) is 0 Å². The third kappa shape index (κ3) is 17.8. The van der Waals surface area contributed by atoms with Crippen LogP contribution in [0.15, 0.2) is 0 Å². The topological polar surface area (TPSA) is 9.23 Å². The van der Waals surface area contributed by atoms with Crippen LogP contribution in [0, 0.1) is 74.9 Å². The molecule has 0 aromatic carbocycles. The number of hydrogen-bond acceptors (Lipinski definition) is 1. The summed E-state index contributed by atoms with van der Waals surface area (Å²) in [6.45, 7) is 35.7. The molecule has 1 unspecified atom stereocenters. The number of methoxy groups -OCH3 is 1. The van der Waals surface area contributed by atoms with Gasteiger partial charge in [0.15, 0.2) is 0 Å². The molecule has 0 bridgehead atoms. The first-order valence-electron chi connectivity index (χ1n) is 22.8. The van der Waals surface area contributed by atoms with E-state index in [0.29, 0.717) is 17.3 Å². The minimum absolute atomic E-state index is 0.0833. The molecule has 4 heteroatoms. The average Bonchev–Trinajstić information content (AvgIpc) is 3.83. The van der Waals surface area contributed by atoms with Gasteiger partial charge >= 0.3 is 0 Å². The molecule has 0 amide bonds. The van der Waals surface area contributed by atoms with Gasteiger partial charge in [0.25, 0.3) is 0 Å². The van der Waals surface area contributed by atoms with Gasteiger partial charge in [-0.3, -0.25) is 4.39 Å². The first kappa shape index (κ1) is 50.8. The third-order valence-corrected chi connectivity index (χ3v) is 15.6. The largest absolute Gasteiger partial charge is 0.384 e. The Bertz CT molecular complexity index is 918. The van der Waals surface area contributed by atoms with Crippen LogP contribution in [-0.2, 0) is 4.74 Å². The molecule has 0 radical (unpaired) electrons. The third-order valence-electron chi connectivity index (χ3n) is 15.6. The smallest absolute Gasteiger partial charge is 0.113 e. The lowest BCUT2D eigenvalue weighted by Crippen LogP contribution is -2.19. The predicted molar refractivity (Wildman–Crippen MR) is 228 cm³/mol. The first-order chi connectivity index (χ1) is 24.4. The van der Waals surface area contributed by atoms with Gasteiger partial charge in [-0.1, -0.05) is 123 Å². The average molecular weight is 757 g/mol. The van der Waals surface area contributed by atoms with Gasteiger partial charge in [0.1, 0.15) is 11.8 Å². The van der Waals surface area contributed by atoms with Crippen molar-refractivity contribution in [1.82, 2.24) is 0 Å². The van der Waals surface area contributed by atoms with Gasteiger partial charge in [0.05, 0.1) is 13.3 Å². The molecule has 0 spiro atoms. The van der Waals surface area contributed by atoms with Crippen molar-refractivity contribution in [3.05, 3.63) is 0 Å². The Morgan fingerprint density at radius 2 is 0.943 bits per heavy atom. The fraction of sp³-hybridized carbons (Fsp3) is 1.00. The lowest BCUT2D eigenvalue weighted by molar-refractivity contribution is 0.115. The molecule has 318 valence electrons. The van der Waals surface area contributed by atoms with Gasteiger partial charge in [-0.2, -0.15) is 0 Å². The van der Waals surface area contributed by atoms with Crippen molar-refractivity contribution >= 4 is 0 Å². The van der Waals surface area contributed by atoms with Crippen LogP contribution >= 0.6 is 0 Å². The van der Waals surface area contributed by atoms with Crippen LogP contribution in [0.2, 0.25) is 0 Å². The Morgan fingerprint density at radius 3 is 0.962 bits per heavy atom. The summed E-state index contributed by atoms with van der Waals surface area (Å²) < 4.78 is 42.6. The van der Waals surface area contributed by atoms with Crippen LogP contribution in [0.5, 0.6) is 0 Å². The van der Waals surface area contributed by atoms with E-state index in [1.165, 1.54) is 57.8 Å². The van der Waals surface area contributed by atoms with Crippen LogP contribution in [0.25, 0.3) is 0 Å². The summed E-state index contributed by atoms with van der Waals surface area (Å²) in [6.07, 6.45) is 18.6. The lowest BCUT2D eigenvalue weighted by atomic mass is 9.78. The number of halogens is 3. The molecule has 53 heavy (non-hydrogen) atoms. The van der Waals surface area contributed by atoms with E-state index in [9.17, 15) is 13.2 Å². The fourth-order valence-electron chi connectivity index (χ4n) is 7.28. The molecule has 7 fully saturated rings. The van der Waals surface area contributed by atoms with Crippen molar-refractivity contribution < 1.29 is 17.9 Å². The van der Waals surface area contributed by atoms with Crippen molar-refractivity contribution in [3.8, 4) is 0 Å². The summed E-state index contributed by atoms with van der Waals surface area (Å²) in [5.41, 5.74) is 0.786. The highest BCUT2D eigenvalue weighted by Crippen LogP contribution is 2.56. The minimum atomic E-state index is -0.750. The van der Waals surface area contributed by atoms with Crippen LogP contribution in [0.4, 0.5) is 13.2 Å². The van der Waals surface area contributed by atoms with Crippen molar-refractivity contribution in [3.63, 3.8) is 0 Å². The molecule has 7 aliphatic carbocycles. The van der Waals surface area contributed by atoms with E-state index in [1.54, 1.807) is 14.0 Å². The highest BCUT2D eigenvalue weighted by Gasteiger charge is 2.50. The Hall–Kier alpha value is -0.250. The van der Waals surface area contributed by atoms with Gasteiger partial charge in [-0.15, -0.1) is 0 Å². The number of alkyl halides is 3. The van der Waals surface area contributed by atoms with Gasteiger partial charge in [-0.05, 0) is 148 Å². The summed E-state index contributed by atoms with van der Waals surface area (Å²) in [7, 11) is 1.79. The fourth-order valence-corrected chi connectivity index (χ4v) is 7.28. The number of hydrogen-bond donors (Lipinski definition) is 0. The molecule has 1 atom stereocenters. The van der Waals surface area contributed by atoms with Crippen LogP contribution < -0.4 is 0 Å². The van der Waals surface area contributed by atoms with Gasteiger partial charge in [-0.25, -0.2) is 8.78 Å². The first-order valence-corrected chi connectivity index (χ1v) is 22.8. The van der Waals surface area contributed by atoms with Crippen molar-refractivity contribution in [2.24, 2.45) is 74.9 Å². The molecule has 0 aliphatic heterocycles. The van der Waals surface area contributed by atoms with E-state index < -0.39 is 11.8 Å². The van der Waals surface area contributed by atoms with Crippen LogP contribution in [-0.4, -0.2) is 32.2 Å². The summed E-state index contributed by atoms with van der Waals surface area (Å²) >= 11 is 0. The Morgan fingerprint density at radius 1 is 0.528 bits per heavy atom. The van der Waals surface area contributed by atoms with E-state index >= 15 is 0 Å². The maximum absolute atomic E-state index is 12.8. The standard InChI is InChI=1S/C8H15F.C8H16O.C7H13F.2C7H14.C6H11F.C6H12/c1-6(2)8(4-5-8)7(3)9;1-7(2)8(4-5-8)6-9-3;1-6(2)7(5-8)3-4-7;1-6(2)7(3)4-5-7;1-6(2)7-4-3-5-7;1-5(2)6(7)3-4-6;1-5(2)6-3-4-6/h6-7H,4-5H2,1-3H3;7H,4-6H2,1-3H3;6H,3-5H2,1-2H3;6H,4-5H2,1-3H3;6-7H,3-5H2,1-2H3;5H,3-4H2,1-2H3;5-6H,3-4H2,1-2H3. The molecule has 0 N–H and O–H groups in total. The molecular formula is C49H95F3O. The van der Waals surface area contributed by atoms with E-state index in [0.717, 1.165) is 86.1 Å². The normalized spacial score (nSPS) is 24.3. The molecular weight excluding hydrogens is 662 g/mol. The van der Waals surface area contributed by atoms with E-state index in [2.05, 4.69) is 90.0 Å². The molecule has 1 nitrogen and oxygen atoms in total. The Labute approximate surface area is 331 Å². The molecule has 7 saturated carbocycles. The molecule has 7 aliphatic rings. The van der Waals surface area contributed by atoms with Crippen molar-refractivity contribution in [2.45, 2.75) is 219 Å². The molecule has 0 aromatic rings. The van der Waals surface area contributed by atoms with Gasteiger partial charge in [0, 0.05) is 17.9 Å². The SMILES string of the molecule is CC(C)C1(C(C)F)CC1.CC(C)C1(C)CC1.CC(C)C1(CF)CC1.CC(C)C1(F)CC1.CC(C)C1CC1.CC(C)C1CCC1.COCC1(C(C)C)CC1. The maximum atomic E-state index is 12.8. The Kier molecular flexibility index (Phi) is 21.1. The van der Waals surface area contributed by atoms with Crippen LogP contribution in [0.1, 0.15) is 207 Å². The molecule has 0 aromatic heterocycles.